The smallest absolute Gasteiger partial charge is 0.328 e. The number of nitrogens with two attached hydrogens (primary N) is 1. The number of nitrogen functional groups attached to an aromatic ring is 1. The van der Waals surface area contributed by atoms with Gasteiger partial charge in [0.25, 0.3) is 5.91 Å². The number of ether oxygens (including phenoxy) is 1. The SMILES string of the molecule is COC(=O)C(CCS(C)(=O)=O)NC(=O)c1ccc(N)cc1-c1cccc2ccccc12. The number of benzene rings is 3. The molecule has 0 fully saturated rings. The molecule has 0 saturated carbocycles. The number of sulfone groups is 1. The zero-order chi connectivity index (χ0) is 22.6. The van der Waals surface area contributed by atoms with Gasteiger partial charge in [0.05, 0.1) is 12.9 Å². The molecule has 3 rings (SSSR count). The third-order valence-electron chi connectivity index (χ3n) is 4.94. The number of hydrogen-bond acceptors (Lipinski definition) is 6. The minimum Gasteiger partial charge on any atom is -0.467 e. The normalized spacial score (nSPS) is 12.3. The lowest BCUT2D eigenvalue weighted by Crippen LogP contribution is -2.42. The summed E-state index contributed by atoms with van der Waals surface area (Å²) in [7, 11) is -2.13. The molecule has 0 radical (unpaired) electrons. The third-order valence-corrected chi connectivity index (χ3v) is 5.91. The Balaban J connectivity index is 2.01. The number of hydrogen-bond donors (Lipinski definition) is 2. The van der Waals surface area contributed by atoms with Crippen LogP contribution in [0.1, 0.15) is 16.8 Å². The summed E-state index contributed by atoms with van der Waals surface area (Å²) in [6.07, 6.45) is 0.984. The number of esters is 1. The van der Waals surface area contributed by atoms with Crippen molar-refractivity contribution in [3.05, 3.63) is 66.2 Å². The molecular weight excluding hydrogens is 416 g/mol. The fourth-order valence-corrected chi connectivity index (χ4v) is 4.07. The molecule has 3 aromatic carbocycles. The molecule has 0 aliphatic heterocycles. The van der Waals surface area contributed by atoms with E-state index >= 15 is 0 Å². The van der Waals surface area contributed by atoms with Gasteiger partial charge in [0.15, 0.2) is 0 Å². The number of carbonyl (C=O) groups excluding carboxylic acids is 2. The molecule has 1 amide bonds. The molecule has 162 valence electrons. The Morgan fingerprint density at radius 1 is 1.03 bits per heavy atom. The first-order valence-corrected chi connectivity index (χ1v) is 11.7. The Morgan fingerprint density at radius 2 is 1.74 bits per heavy atom. The van der Waals surface area contributed by atoms with Crippen molar-refractivity contribution in [1.29, 1.82) is 0 Å². The largest absolute Gasteiger partial charge is 0.467 e. The molecule has 3 aromatic rings. The van der Waals surface area contributed by atoms with Gasteiger partial charge < -0.3 is 15.8 Å². The van der Waals surface area contributed by atoms with Gasteiger partial charge in [0.1, 0.15) is 15.9 Å². The summed E-state index contributed by atoms with van der Waals surface area (Å²) in [4.78, 5) is 25.3. The molecule has 0 heterocycles. The van der Waals surface area contributed by atoms with E-state index < -0.39 is 27.8 Å². The molecule has 7 nitrogen and oxygen atoms in total. The van der Waals surface area contributed by atoms with Crippen LogP contribution in [-0.2, 0) is 19.4 Å². The summed E-state index contributed by atoms with van der Waals surface area (Å²) < 4.78 is 27.8. The summed E-state index contributed by atoms with van der Waals surface area (Å²) in [6.45, 7) is 0. The molecule has 1 unspecified atom stereocenters. The van der Waals surface area contributed by atoms with Crippen molar-refractivity contribution in [2.45, 2.75) is 12.5 Å². The van der Waals surface area contributed by atoms with Crippen LogP contribution in [0.3, 0.4) is 0 Å². The van der Waals surface area contributed by atoms with E-state index in [9.17, 15) is 18.0 Å². The van der Waals surface area contributed by atoms with E-state index in [1.807, 2.05) is 42.5 Å². The molecule has 3 N–H and O–H groups in total. The van der Waals surface area contributed by atoms with Crippen LogP contribution in [0.25, 0.3) is 21.9 Å². The van der Waals surface area contributed by atoms with Crippen molar-refractivity contribution in [2.75, 3.05) is 24.9 Å². The van der Waals surface area contributed by atoms with Crippen LogP contribution >= 0.6 is 0 Å². The van der Waals surface area contributed by atoms with E-state index in [1.165, 1.54) is 7.11 Å². The maximum absolute atomic E-state index is 13.1. The fourth-order valence-electron chi connectivity index (χ4n) is 3.40. The summed E-state index contributed by atoms with van der Waals surface area (Å²) in [6, 6.07) is 17.4. The Labute approximate surface area is 181 Å². The van der Waals surface area contributed by atoms with Crippen molar-refractivity contribution in [1.82, 2.24) is 5.32 Å². The molecule has 31 heavy (non-hydrogen) atoms. The van der Waals surface area contributed by atoms with Gasteiger partial charge in [-0.1, -0.05) is 42.5 Å². The topological polar surface area (TPSA) is 116 Å². The number of anilines is 1. The van der Waals surface area contributed by atoms with Crippen molar-refractivity contribution < 1.29 is 22.7 Å². The Kier molecular flexibility index (Phi) is 6.60. The van der Waals surface area contributed by atoms with Gasteiger partial charge in [-0.05, 0) is 46.5 Å². The maximum Gasteiger partial charge on any atom is 0.328 e. The third kappa shape index (κ3) is 5.40. The van der Waals surface area contributed by atoms with Crippen LogP contribution < -0.4 is 11.1 Å². The molecule has 0 aliphatic rings. The Hall–Kier alpha value is -3.39. The highest BCUT2D eigenvalue weighted by Crippen LogP contribution is 2.32. The van der Waals surface area contributed by atoms with Crippen LogP contribution in [-0.4, -0.2) is 45.5 Å². The van der Waals surface area contributed by atoms with E-state index in [2.05, 4.69) is 5.32 Å². The van der Waals surface area contributed by atoms with E-state index in [0.717, 1.165) is 22.6 Å². The van der Waals surface area contributed by atoms with Gasteiger partial charge >= 0.3 is 5.97 Å². The predicted octanol–water partition coefficient (Wildman–Crippen LogP) is 2.80. The lowest BCUT2D eigenvalue weighted by atomic mass is 9.93. The lowest BCUT2D eigenvalue weighted by Gasteiger charge is -2.18. The number of rotatable bonds is 7. The lowest BCUT2D eigenvalue weighted by molar-refractivity contribution is -0.142. The van der Waals surface area contributed by atoms with Gasteiger partial charge in [-0.3, -0.25) is 4.79 Å². The molecule has 0 saturated heterocycles. The molecule has 1 atom stereocenters. The van der Waals surface area contributed by atoms with Crippen LogP contribution in [0.2, 0.25) is 0 Å². The molecule has 0 spiro atoms. The van der Waals surface area contributed by atoms with Gasteiger partial charge in [-0.2, -0.15) is 0 Å². The molecule has 8 heteroatoms. The Morgan fingerprint density at radius 3 is 2.45 bits per heavy atom. The van der Waals surface area contributed by atoms with Crippen LogP contribution in [0.15, 0.2) is 60.7 Å². The van der Waals surface area contributed by atoms with Crippen LogP contribution in [0.5, 0.6) is 0 Å². The van der Waals surface area contributed by atoms with Crippen LogP contribution in [0.4, 0.5) is 5.69 Å². The van der Waals surface area contributed by atoms with Gasteiger partial charge in [-0.15, -0.1) is 0 Å². The standard InChI is InChI=1S/C23H24N2O5S/c1-30-23(27)21(12-13-31(2,28)29)25-22(26)19-11-10-16(24)14-20(19)18-9-5-7-15-6-3-4-8-17(15)18/h3-11,14,21H,12-13,24H2,1-2H3,(H,25,26). The minimum absolute atomic E-state index is 0.0875. The highest BCUT2D eigenvalue weighted by Gasteiger charge is 2.25. The summed E-state index contributed by atoms with van der Waals surface area (Å²) in [5.74, 6) is -1.49. The first kappa shape index (κ1) is 22.3. The van der Waals surface area contributed by atoms with Crippen molar-refractivity contribution in [2.24, 2.45) is 0 Å². The summed E-state index contributed by atoms with van der Waals surface area (Å²) in [5.41, 5.74) is 8.24. The second-order valence-electron chi connectivity index (χ2n) is 7.30. The molecule has 0 aliphatic carbocycles. The second kappa shape index (κ2) is 9.18. The van der Waals surface area contributed by atoms with Crippen molar-refractivity contribution in [3.8, 4) is 11.1 Å². The maximum atomic E-state index is 13.1. The van der Waals surface area contributed by atoms with Gasteiger partial charge in [-0.25, -0.2) is 13.2 Å². The fraction of sp³-hybridized carbons (Fsp3) is 0.217. The van der Waals surface area contributed by atoms with E-state index in [1.54, 1.807) is 18.2 Å². The average molecular weight is 441 g/mol. The molecular formula is C23H24N2O5S. The Bertz CT molecular complexity index is 1230. The molecule has 0 bridgehead atoms. The highest BCUT2D eigenvalue weighted by molar-refractivity contribution is 7.90. The number of fused-ring (bicyclic) bond motifs is 1. The van der Waals surface area contributed by atoms with Gasteiger partial charge in [0, 0.05) is 17.5 Å². The number of amides is 1. The van der Waals surface area contributed by atoms with E-state index in [-0.39, 0.29) is 12.2 Å². The second-order valence-corrected chi connectivity index (χ2v) is 9.56. The first-order valence-electron chi connectivity index (χ1n) is 9.63. The van der Waals surface area contributed by atoms with Gasteiger partial charge in [0.2, 0.25) is 0 Å². The van der Waals surface area contributed by atoms with Crippen molar-refractivity contribution >= 4 is 38.2 Å². The van der Waals surface area contributed by atoms with Crippen LogP contribution in [0, 0.1) is 0 Å². The molecule has 0 aromatic heterocycles. The number of carbonyl (C=O) groups is 2. The van der Waals surface area contributed by atoms with Crippen molar-refractivity contribution in [3.63, 3.8) is 0 Å². The summed E-state index contributed by atoms with van der Waals surface area (Å²) in [5, 5.41) is 4.57. The minimum atomic E-state index is -3.32. The zero-order valence-corrected chi connectivity index (χ0v) is 18.1. The zero-order valence-electron chi connectivity index (χ0n) is 17.3. The monoisotopic (exact) mass is 440 g/mol. The highest BCUT2D eigenvalue weighted by atomic mass is 32.2. The summed E-state index contributed by atoms with van der Waals surface area (Å²) >= 11 is 0. The van der Waals surface area contributed by atoms with E-state index in [4.69, 9.17) is 10.5 Å². The average Bonchev–Trinajstić information content (AvgIpc) is 2.74. The predicted molar refractivity (Wildman–Crippen MR) is 121 cm³/mol. The number of methoxy groups -OCH3 is 1. The first-order chi connectivity index (χ1) is 14.7. The quantitative estimate of drug-likeness (QED) is 0.431. The number of nitrogens with one attached hydrogen (secondary N) is 1. The van der Waals surface area contributed by atoms with E-state index in [0.29, 0.717) is 16.8 Å².